The Balaban J connectivity index is 0.00000320. The largest absolute Gasteiger partial charge is 0.466 e. The predicted molar refractivity (Wildman–Crippen MR) is 129 cm³/mol. The van der Waals surface area contributed by atoms with Crippen LogP contribution in [-0.2, 0) is 27.4 Å². The zero-order valence-electron chi connectivity index (χ0n) is 18.1. The number of carbonyl (C=O) groups is 1. The van der Waals surface area contributed by atoms with Crippen molar-refractivity contribution in [2.75, 3.05) is 53.0 Å². The number of carbonyl (C=O) groups excluding carboxylic acids is 1. The normalized spacial score (nSPS) is 18.6. The Morgan fingerprint density at radius 3 is 2.57 bits per heavy atom. The average molecular weight is 530 g/mol. The highest BCUT2D eigenvalue weighted by Crippen LogP contribution is 2.19. The van der Waals surface area contributed by atoms with Crippen molar-refractivity contribution in [1.82, 2.24) is 15.1 Å². The van der Waals surface area contributed by atoms with E-state index in [1.54, 1.807) is 0 Å². The maximum atomic E-state index is 11.9. The van der Waals surface area contributed by atoms with Gasteiger partial charge in [-0.2, -0.15) is 0 Å². The van der Waals surface area contributed by atoms with Crippen molar-refractivity contribution < 1.29 is 14.3 Å². The molecule has 0 aliphatic carbocycles. The van der Waals surface area contributed by atoms with Gasteiger partial charge in [0.1, 0.15) is 0 Å². The van der Waals surface area contributed by atoms with Gasteiger partial charge < -0.3 is 19.7 Å². The number of esters is 1. The number of hydrogen-bond donors (Lipinski definition) is 1. The Morgan fingerprint density at radius 1 is 1.20 bits per heavy atom. The second-order valence-corrected chi connectivity index (χ2v) is 7.62. The molecule has 8 heteroatoms. The molecule has 1 aromatic rings. The molecule has 0 radical (unpaired) electrons. The molecule has 3 rings (SSSR count). The lowest BCUT2D eigenvalue weighted by Gasteiger charge is -2.33. The summed E-state index contributed by atoms with van der Waals surface area (Å²) in [6.07, 6.45) is 1.63. The number of hydrogen-bond acceptors (Lipinski definition) is 5. The molecule has 168 valence electrons. The molecule has 7 nitrogen and oxygen atoms in total. The number of morpholine rings is 1. The van der Waals surface area contributed by atoms with Crippen LogP contribution >= 0.6 is 24.0 Å². The first kappa shape index (κ1) is 24.9. The molecule has 0 saturated carbocycles. The van der Waals surface area contributed by atoms with Gasteiger partial charge in [0.2, 0.25) is 0 Å². The third-order valence-electron chi connectivity index (χ3n) is 5.58. The van der Waals surface area contributed by atoms with Crippen LogP contribution in [0.15, 0.2) is 29.3 Å². The van der Waals surface area contributed by atoms with E-state index in [4.69, 9.17) is 9.47 Å². The van der Waals surface area contributed by atoms with Gasteiger partial charge in [0.15, 0.2) is 5.96 Å². The molecule has 30 heavy (non-hydrogen) atoms. The Labute approximate surface area is 197 Å². The van der Waals surface area contributed by atoms with Crippen molar-refractivity contribution in [3.05, 3.63) is 35.4 Å². The Hall–Kier alpha value is -1.39. The second kappa shape index (κ2) is 13.1. The summed E-state index contributed by atoms with van der Waals surface area (Å²) in [7, 11) is 1.81. The van der Waals surface area contributed by atoms with Crippen LogP contribution < -0.4 is 5.32 Å². The zero-order valence-corrected chi connectivity index (χ0v) is 20.5. The Morgan fingerprint density at radius 2 is 1.90 bits per heavy atom. The molecule has 0 spiro atoms. The molecular formula is C22H35IN4O3. The van der Waals surface area contributed by atoms with Gasteiger partial charge >= 0.3 is 5.97 Å². The number of rotatable bonds is 6. The minimum Gasteiger partial charge on any atom is -0.466 e. The second-order valence-electron chi connectivity index (χ2n) is 7.62. The standard InChI is InChI=1S/C22H34N4O3.HI/c1-3-29-21(27)20-7-9-26(10-8-20)22(23-2)24-16-18-5-4-6-19(15-18)17-25-11-13-28-14-12-25;/h4-6,15,20H,3,7-14,16-17H2,1-2H3,(H,23,24);1H. The lowest BCUT2D eigenvalue weighted by molar-refractivity contribution is -0.149. The van der Waals surface area contributed by atoms with Crippen LogP contribution in [0, 0.1) is 5.92 Å². The van der Waals surface area contributed by atoms with E-state index in [2.05, 4.69) is 44.4 Å². The van der Waals surface area contributed by atoms with Crippen molar-refractivity contribution in [3.63, 3.8) is 0 Å². The van der Waals surface area contributed by atoms with Gasteiger partial charge in [-0.15, -0.1) is 24.0 Å². The lowest BCUT2D eigenvalue weighted by Crippen LogP contribution is -2.46. The quantitative estimate of drug-likeness (QED) is 0.264. The number of halogens is 1. The van der Waals surface area contributed by atoms with E-state index in [1.165, 1.54) is 11.1 Å². The molecule has 2 heterocycles. The third-order valence-corrected chi connectivity index (χ3v) is 5.58. The molecule has 1 N–H and O–H groups in total. The van der Waals surface area contributed by atoms with Crippen LogP contribution in [-0.4, -0.2) is 74.8 Å². The fourth-order valence-corrected chi connectivity index (χ4v) is 3.96. The number of likely N-dealkylation sites (tertiary alicyclic amines) is 1. The van der Waals surface area contributed by atoms with Crippen LogP contribution in [0.5, 0.6) is 0 Å². The van der Waals surface area contributed by atoms with Crippen molar-refractivity contribution in [2.24, 2.45) is 10.9 Å². The summed E-state index contributed by atoms with van der Waals surface area (Å²) in [6.45, 7) is 9.29. The molecule has 0 amide bonds. The van der Waals surface area contributed by atoms with Gasteiger partial charge in [0.25, 0.3) is 0 Å². The van der Waals surface area contributed by atoms with E-state index in [0.29, 0.717) is 6.61 Å². The number of benzene rings is 1. The fraction of sp³-hybridized carbons (Fsp3) is 0.636. The third kappa shape index (κ3) is 7.39. The van der Waals surface area contributed by atoms with Crippen molar-refractivity contribution in [3.8, 4) is 0 Å². The molecule has 0 aromatic heterocycles. The van der Waals surface area contributed by atoms with E-state index in [-0.39, 0.29) is 35.9 Å². The lowest BCUT2D eigenvalue weighted by atomic mass is 9.97. The molecule has 2 fully saturated rings. The topological polar surface area (TPSA) is 66.4 Å². The fourth-order valence-electron chi connectivity index (χ4n) is 3.96. The predicted octanol–water partition coefficient (Wildman–Crippen LogP) is 2.49. The van der Waals surface area contributed by atoms with E-state index in [0.717, 1.165) is 71.3 Å². The summed E-state index contributed by atoms with van der Waals surface area (Å²) >= 11 is 0. The van der Waals surface area contributed by atoms with Gasteiger partial charge in [0, 0.05) is 46.3 Å². The van der Waals surface area contributed by atoms with Crippen molar-refractivity contribution >= 4 is 35.9 Å². The SMILES string of the molecule is CCOC(=O)C1CCN(C(=NC)NCc2cccc(CN3CCOCC3)c2)CC1.I. The monoisotopic (exact) mass is 530 g/mol. The molecule has 0 atom stereocenters. The van der Waals surface area contributed by atoms with Crippen LogP contribution in [0.3, 0.4) is 0 Å². The minimum atomic E-state index is -0.0628. The summed E-state index contributed by atoms with van der Waals surface area (Å²) in [5.74, 6) is 0.847. The van der Waals surface area contributed by atoms with E-state index in [1.807, 2.05) is 14.0 Å². The van der Waals surface area contributed by atoms with Gasteiger partial charge in [-0.05, 0) is 30.9 Å². The summed E-state index contributed by atoms with van der Waals surface area (Å²) in [4.78, 5) is 21.0. The molecule has 2 aliphatic heterocycles. The van der Waals surface area contributed by atoms with Gasteiger partial charge in [-0.3, -0.25) is 14.7 Å². The number of ether oxygens (including phenoxy) is 2. The van der Waals surface area contributed by atoms with Crippen LogP contribution in [0.25, 0.3) is 0 Å². The first-order valence-corrected chi connectivity index (χ1v) is 10.7. The summed E-state index contributed by atoms with van der Waals surface area (Å²) < 4.78 is 10.6. The average Bonchev–Trinajstić information content (AvgIpc) is 2.76. The van der Waals surface area contributed by atoms with Gasteiger partial charge in [-0.1, -0.05) is 24.3 Å². The van der Waals surface area contributed by atoms with E-state index < -0.39 is 0 Å². The first-order valence-electron chi connectivity index (χ1n) is 10.7. The highest BCUT2D eigenvalue weighted by molar-refractivity contribution is 14.0. The van der Waals surface area contributed by atoms with E-state index in [9.17, 15) is 4.79 Å². The summed E-state index contributed by atoms with van der Waals surface area (Å²) in [5.41, 5.74) is 2.58. The number of piperidine rings is 1. The maximum Gasteiger partial charge on any atom is 0.309 e. The smallest absolute Gasteiger partial charge is 0.309 e. The molecule has 0 unspecified atom stereocenters. The summed E-state index contributed by atoms with van der Waals surface area (Å²) in [5, 5.41) is 3.48. The zero-order chi connectivity index (χ0) is 20.5. The molecule has 0 bridgehead atoms. The van der Waals surface area contributed by atoms with Crippen LogP contribution in [0.4, 0.5) is 0 Å². The Kier molecular flexibility index (Phi) is 10.9. The highest BCUT2D eigenvalue weighted by atomic mass is 127. The van der Waals surface area contributed by atoms with Gasteiger partial charge in [-0.25, -0.2) is 0 Å². The highest BCUT2D eigenvalue weighted by Gasteiger charge is 2.27. The number of nitrogens with one attached hydrogen (secondary N) is 1. The number of guanidine groups is 1. The molecule has 1 aromatic carbocycles. The van der Waals surface area contributed by atoms with Crippen LogP contribution in [0.2, 0.25) is 0 Å². The number of nitrogens with zero attached hydrogens (tertiary/aromatic N) is 3. The molecule has 2 saturated heterocycles. The van der Waals surface area contributed by atoms with Crippen molar-refractivity contribution in [1.29, 1.82) is 0 Å². The maximum absolute atomic E-state index is 11.9. The van der Waals surface area contributed by atoms with Crippen LogP contribution in [0.1, 0.15) is 30.9 Å². The number of aliphatic imine (C=N–C) groups is 1. The Bertz CT molecular complexity index is 687. The van der Waals surface area contributed by atoms with Gasteiger partial charge in [0.05, 0.1) is 25.7 Å². The van der Waals surface area contributed by atoms with Crippen molar-refractivity contribution in [2.45, 2.75) is 32.9 Å². The molecular weight excluding hydrogens is 495 g/mol. The summed E-state index contributed by atoms with van der Waals surface area (Å²) in [6, 6.07) is 8.73. The minimum absolute atomic E-state index is 0. The first-order chi connectivity index (χ1) is 14.2. The van der Waals surface area contributed by atoms with E-state index >= 15 is 0 Å². The molecule has 2 aliphatic rings.